The van der Waals surface area contributed by atoms with Crippen LogP contribution >= 0.6 is 0 Å². The molecule has 16 heavy (non-hydrogen) atoms. The Kier molecular flexibility index (Phi) is 4.81. The van der Waals surface area contributed by atoms with Gasteiger partial charge in [-0.1, -0.05) is 13.0 Å². The minimum Gasteiger partial charge on any atom is -0.384 e. The first-order chi connectivity index (χ1) is 7.67. The van der Waals surface area contributed by atoms with E-state index < -0.39 is 0 Å². The highest BCUT2D eigenvalue weighted by Crippen LogP contribution is 2.16. The van der Waals surface area contributed by atoms with Crippen LogP contribution < -0.4 is 5.32 Å². The highest BCUT2D eigenvalue weighted by molar-refractivity contribution is 5.55. The van der Waals surface area contributed by atoms with Gasteiger partial charge in [0.15, 0.2) is 0 Å². The van der Waals surface area contributed by atoms with Crippen LogP contribution in [0, 0.1) is 24.2 Å². The van der Waals surface area contributed by atoms with Gasteiger partial charge >= 0.3 is 0 Å². The molecule has 1 atom stereocenters. The SMILES string of the molecule is COCC(C)CNc1cc(C#N)ccc1C. The summed E-state index contributed by atoms with van der Waals surface area (Å²) in [6.45, 7) is 5.75. The van der Waals surface area contributed by atoms with Gasteiger partial charge in [-0.05, 0) is 30.5 Å². The van der Waals surface area contributed by atoms with Gasteiger partial charge in [0, 0.05) is 19.3 Å². The number of nitriles is 1. The van der Waals surface area contributed by atoms with Crippen molar-refractivity contribution in [1.29, 1.82) is 5.26 Å². The Morgan fingerprint density at radius 2 is 2.25 bits per heavy atom. The third kappa shape index (κ3) is 3.56. The van der Waals surface area contributed by atoms with Crippen molar-refractivity contribution >= 4 is 5.69 Å². The summed E-state index contributed by atoms with van der Waals surface area (Å²) in [5, 5.41) is 12.2. The van der Waals surface area contributed by atoms with Crippen LogP contribution in [0.15, 0.2) is 18.2 Å². The van der Waals surface area contributed by atoms with E-state index in [1.807, 2.05) is 25.1 Å². The Hall–Kier alpha value is -1.53. The lowest BCUT2D eigenvalue weighted by molar-refractivity contribution is 0.164. The average molecular weight is 218 g/mol. The minimum absolute atomic E-state index is 0.454. The summed E-state index contributed by atoms with van der Waals surface area (Å²) >= 11 is 0. The zero-order valence-electron chi connectivity index (χ0n) is 10.1. The maximum Gasteiger partial charge on any atom is 0.0992 e. The fourth-order valence-corrected chi connectivity index (χ4v) is 1.51. The predicted octanol–water partition coefficient (Wildman–Crippen LogP) is 2.56. The van der Waals surface area contributed by atoms with E-state index in [1.165, 1.54) is 0 Å². The van der Waals surface area contributed by atoms with Crippen LogP contribution in [0.4, 0.5) is 5.69 Å². The molecule has 0 spiro atoms. The predicted molar refractivity (Wildman–Crippen MR) is 65.4 cm³/mol. The van der Waals surface area contributed by atoms with Gasteiger partial charge in [-0.15, -0.1) is 0 Å². The number of aryl methyl sites for hydroxylation is 1. The third-order valence-electron chi connectivity index (χ3n) is 2.46. The van der Waals surface area contributed by atoms with Crippen molar-refractivity contribution < 1.29 is 4.74 Å². The third-order valence-corrected chi connectivity index (χ3v) is 2.46. The molecule has 1 rings (SSSR count). The van der Waals surface area contributed by atoms with E-state index in [-0.39, 0.29) is 0 Å². The number of nitrogens with zero attached hydrogens (tertiary/aromatic N) is 1. The number of hydrogen-bond donors (Lipinski definition) is 1. The number of ether oxygens (including phenoxy) is 1. The summed E-state index contributed by atoms with van der Waals surface area (Å²) in [5.74, 6) is 0.454. The van der Waals surface area contributed by atoms with Crippen molar-refractivity contribution in [2.75, 3.05) is 25.6 Å². The highest BCUT2D eigenvalue weighted by Gasteiger charge is 2.03. The van der Waals surface area contributed by atoms with Crippen LogP contribution in [0.25, 0.3) is 0 Å². The molecule has 1 unspecified atom stereocenters. The van der Waals surface area contributed by atoms with E-state index in [0.29, 0.717) is 11.5 Å². The van der Waals surface area contributed by atoms with Gasteiger partial charge in [0.25, 0.3) is 0 Å². The molecule has 3 nitrogen and oxygen atoms in total. The van der Waals surface area contributed by atoms with Crippen molar-refractivity contribution in [1.82, 2.24) is 0 Å². The highest BCUT2D eigenvalue weighted by atomic mass is 16.5. The smallest absolute Gasteiger partial charge is 0.0992 e. The first-order valence-corrected chi connectivity index (χ1v) is 5.41. The summed E-state index contributed by atoms with van der Waals surface area (Å²) in [4.78, 5) is 0. The van der Waals surface area contributed by atoms with E-state index >= 15 is 0 Å². The molecule has 0 aliphatic carbocycles. The van der Waals surface area contributed by atoms with Crippen molar-refractivity contribution in [2.45, 2.75) is 13.8 Å². The molecule has 1 aromatic carbocycles. The Labute approximate surface area is 97.0 Å². The van der Waals surface area contributed by atoms with Gasteiger partial charge in [-0.3, -0.25) is 0 Å². The second-order valence-corrected chi connectivity index (χ2v) is 4.08. The zero-order chi connectivity index (χ0) is 12.0. The Balaban J connectivity index is 2.63. The minimum atomic E-state index is 0.454. The fourth-order valence-electron chi connectivity index (χ4n) is 1.51. The van der Waals surface area contributed by atoms with Gasteiger partial charge in [0.2, 0.25) is 0 Å². The number of nitrogens with one attached hydrogen (secondary N) is 1. The normalized spacial score (nSPS) is 11.9. The van der Waals surface area contributed by atoms with Crippen LogP contribution in [0.3, 0.4) is 0 Å². The van der Waals surface area contributed by atoms with Gasteiger partial charge in [-0.25, -0.2) is 0 Å². The maximum atomic E-state index is 8.82. The molecule has 0 bridgehead atoms. The molecule has 0 aromatic heterocycles. The van der Waals surface area contributed by atoms with Crippen LogP contribution in [0.5, 0.6) is 0 Å². The van der Waals surface area contributed by atoms with Crippen LogP contribution in [0.1, 0.15) is 18.1 Å². The molecule has 0 saturated heterocycles. The summed E-state index contributed by atoms with van der Waals surface area (Å²) in [7, 11) is 1.71. The Morgan fingerprint density at radius 1 is 1.50 bits per heavy atom. The largest absolute Gasteiger partial charge is 0.384 e. The number of hydrogen-bond acceptors (Lipinski definition) is 3. The molecule has 86 valence electrons. The fraction of sp³-hybridized carbons (Fsp3) is 0.462. The van der Waals surface area contributed by atoms with Crippen molar-refractivity contribution in [3.8, 4) is 6.07 Å². The standard InChI is InChI=1S/C13H18N2O/c1-10(9-16-3)8-15-13-6-12(7-14)5-4-11(13)2/h4-6,10,15H,8-9H2,1-3H3. The molecule has 0 amide bonds. The quantitative estimate of drug-likeness (QED) is 0.826. The van der Waals surface area contributed by atoms with E-state index in [1.54, 1.807) is 7.11 Å². The van der Waals surface area contributed by atoms with Crippen molar-refractivity contribution in [3.05, 3.63) is 29.3 Å². The van der Waals surface area contributed by atoms with Crippen LogP contribution in [-0.2, 0) is 4.74 Å². The summed E-state index contributed by atoms with van der Waals surface area (Å²) in [5.41, 5.74) is 2.87. The number of anilines is 1. The summed E-state index contributed by atoms with van der Waals surface area (Å²) in [6, 6.07) is 7.82. The molecule has 0 fully saturated rings. The second kappa shape index (κ2) is 6.14. The lowest BCUT2D eigenvalue weighted by Crippen LogP contribution is -2.16. The van der Waals surface area contributed by atoms with Gasteiger partial charge in [0.1, 0.15) is 0 Å². The molecule has 1 aromatic rings. The van der Waals surface area contributed by atoms with E-state index in [2.05, 4.69) is 18.3 Å². The van der Waals surface area contributed by atoms with Gasteiger partial charge in [0.05, 0.1) is 18.2 Å². The second-order valence-electron chi connectivity index (χ2n) is 4.08. The molecule has 1 N–H and O–H groups in total. The van der Waals surface area contributed by atoms with Crippen molar-refractivity contribution in [3.63, 3.8) is 0 Å². The topological polar surface area (TPSA) is 45.0 Å². The maximum absolute atomic E-state index is 8.82. The molecule has 0 heterocycles. The molecule has 0 aliphatic rings. The van der Waals surface area contributed by atoms with Crippen molar-refractivity contribution in [2.24, 2.45) is 5.92 Å². The lowest BCUT2D eigenvalue weighted by Gasteiger charge is -2.14. The van der Waals surface area contributed by atoms with Gasteiger partial charge in [-0.2, -0.15) is 5.26 Å². The number of methoxy groups -OCH3 is 1. The lowest BCUT2D eigenvalue weighted by atomic mass is 10.1. The number of benzene rings is 1. The molecule has 0 saturated carbocycles. The Bertz CT molecular complexity index is 382. The zero-order valence-corrected chi connectivity index (χ0v) is 10.1. The molecule has 0 aliphatic heterocycles. The molecule has 3 heteroatoms. The first kappa shape index (κ1) is 12.5. The van der Waals surface area contributed by atoms with E-state index in [9.17, 15) is 0 Å². The van der Waals surface area contributed by atoms with E-state index in [4.69, 9.17) is 10.00 Å². The van der Waals surface area contributed by atoms with Crippen LogP contribution in [0.2, 0.25) is 0 Å². The number of rotatable bonds is 5. The molecular formula is C13H18N2O. The molecule has 0 radical (unpaired) electrons. The monoisotopic (exact) mass is 218 g/mol. The first-order valence-electron chi connectivity index (χ1n) is 5.41. The summed E-state index contributed by atoms with van der Waals surface area (Å²) in [6.07, 6.45) is 0. The Morgan fingerprint density at radius 3 is 2.88 bits per heavy atom. The molecular weight excluding hydrogens is 200 g/mol. The van der Waals surface area contributed by atoms with E-state index in [0.717, 1.165) is 24.4 Å². The average Bonchev–Trinajstić information content (AvgIpc) is 2.28. The van der Waals surface area contributed by atoms with Gasteiger partial charge < -0.3 is 10.1 Å². The summed E-state index contributed by atoms with van der Waals surface area (Å²) < 4.78 is 5.07. The van der Waals surface area contributed by atoms with Crippen LogP contribution in [-0.4, -0.2) is 20.3 Å².